The van der Waals surface area contributed by atoms with E-state index in [1.165, 1.54) is 10.6 Å². The van der Waals surface area contributed by atoms with Gasteiger partial charge in [0.25, 0.3) is 0 Å². The molecule has 2 heterocycles. The Labute approximate surface area is 102 Å². The molecule has 1 aliphatic heterocycles. The number of aryl methyl sites for hydroxylation is 1. The van der Waals surface area contributed by atoms with Gasteiger partial charge in [-0.1, -0.05) is 12.1 Å². The van der Waals surface area contributed by atoms with Gasteiger partial charge in [0.05, 0.1) is 12.3 Å². The van der Waals surface area contributed by atoms with Crippen LogP contribution >= 0.6 is 0 Å². The van der Waals surface area contributed by atoms with E-state index in [2.05, 4.69) is 12.1 Å². The van der Waals surface area contributed by atoms with Gasteiger partial charge in [-0.2, -0.15) is 4.31 Å². The molecule has 5 nitrogen and oxygen atoms in total. The molecule has 6 heteroatoms. The number of sulfonamides is 1. The van der Waals surface area contributed by atoms with Crippen LogP contribution in [0.15, 0.2) is 10.6 Å². The Balaban J connectivity index is 2.20. The minimum absolute atomic E-state index is 0.139. The van der Waals surface area contributed by atoms with Crippen molar-refractivity contribution in [2.24, 2.45) is 0 Å². The summed E-state index contributed by atoms with van der Waals surface area (Å²) in [5, 5.41) is 4.00. The molecule has 96 valence electrons. The first-order valence-electron chi connectivity index (χ1n) is 5.94. The third kappa shape index (κ3) is 2.69. The second-order valence-corrected chi connectivity index (χ2v) is 6.43. The van der Waals surface area contributed by atoms with E-state index in [9.17, 15) is 8.42 Å². The summed E-state index contributed by atoms with van der Waals surface area (Å²) < 4.78 is 30.0. The molecule has 1 saturated heterocycles. The van der Waals surface area contributed by atoms with E-state index in [0.29, 0.717) is 6.54 Å². The predicted molar refractivity (Wildman–Crippen MR) is 64.0 cm³/mol. The zero-order valence-electron chi connectivity index (χ0n) is 10.2. The van der Waals surface area contributed by atoms with Gasteiger partial charge in [-0.15, -0.1) is 0 Å². The lowest BCUT2D eigenvalue weighted by Gasteiger charge is -2.19. The minimum atomic E-state index is -3.15. The van der Waals surface area contributed by atoms with Crippen molar-refractivity contribution < 1.29 is 12.9 Å². The minimum Gasteiger partial charge on any atom is -0.361 e. The largest absolute Gasteiger partial charge is 0.361 e. The second kappa shape index (κ2) is 4.78. The smallest absolute Gasteiger partial charge is 0.211 e. The molecular weight excluding hydrogens is 240 g/mol. The van der Waals surface area contributed by atoms with Gasteiger partial charge in [-0.25, -0.2) is 8.42 Å². The van der Waals surface area contributed by atoms with Crippen molar-refractivity contribution in [3.8, 4) is 0 Å². The summed E-state index contributed by atoms with van der Waals surface area (Å²) in [6.45, 7) is 2.65. The summed E-state index contributed by atoms with van der Waals surface area (Å²) in [6.07, 6.45) is 4.80. The first kappa shape index (κ1) is 12.6. The van der Waals surface area contributed by atoms with Gasteiger partial charge in [0.2, 0.25) is 10.0 Å². The molecule has 1 aromatic rings. The van der Waals surface area contributed by atoms with Gasteiger partial charge in [-0.3, -0.25) is 0 Å². The summed E-state index contributed by atoms with van der Waals surface area (Å²) in [4.78, 5) is 0. The molecule has 0 saturated carbocycles. The molecule has 0 spiro atoms. The van der Waals surface area contributed by atoms with Gasteiger partial charge >= 0.3 is 0 Å². The fourth-order valence-electron chi connectivity index (χ4n) is 2.28. The highest BCUT2D eigenvalue weighted by Gasteiger charge is 2.34. The van der Waals surface area contributed by atoms with Crippen LogP contribution in [0.4, 0.5) is 0 Å². The molecule has 1 fully saturated rings. The Kier molecular flexibility index (Phi) is 3.53. The number of hydrogen-bond donors (Lipinski definition) is 0. The van der Waals surface area contributed by atoms with E-state index in [1.807, 2.05) is 6.07 Å². The van der Waals surface area contributed by atoms with Crippen molar-refractivity contribution in [2.45, 2.75) is 38.6 Å². The fraction of sp³-hybridized carbons (Fsp3) is 0.727. The first-order chi connectivity index (χ1) is 8.02. The Hall–Kier alpha value is -0.880. The molecule has 0 bridgehead atoms. The zero-order chi connectivity index (χ0) is 12.5. The molecule has 17 heavy (non-hydrogen) atoms. The van der Waals surface area contributed by atoms with Gasteiger partial charge in [0.15, 0.2) is 0 Å². The fourth-order valence-corrected chi connectivity index (χ4v) is 3.42. The number of aromatic nitrogens is 1. The molecule has 1 aliphatic rings. The molecule has 0 radical (unpaired) electrons. The van der Waals surface area contributed by atoms with Gasteiger partial charge in [0, 0.05) is 19.0 Å². The zero-order valence-corrected chi connectivity index (χ0v) is 11.0. The summed E-state index contributed by atoms with van der Waals surface area (Å²) in [5.74, 6) is 0.836. The van der Waals surface area contributed by atoms with Crippen molar-refractivity contribution in [3.63, 3.8) is 0 Å². The van der Waals surface area contributed by atoms with Crippen LogP contribution < -0.4 is 0 Å². The van der Waals surface area contributed by atoms with Crippen LogP contribution in [0, 0.1) is 0 Å². The highest BCUT2D eigenvalue weighted by Crippen LogP contribution is 2.33. The topological polar surface area (TPSA) is 63.4 Å². The highest BCUT2D eigenvalue weighted by molar-refractivity contribution is 7.88. The van der Waals surface area contributed by atoms with Gasteiger partial charge in [0.1, 0.15) is 11.5 Å². The SMILES string of the molecule is CCCc1cc([C@@H]2CCCN2S(C)(=O)=O)no1. The van der Waals surface area contributed by atoms with Crippen molar-refractivity contribution in [3.05, 3.63) is 17.5 Å². The van der Waals surface area contributed by atoms with Crippen LogP contribution in [0.3, 0.4) is 0 Å². The van der Waals surface area contributed by atoms with E-state index in [-0.39, 0.29) is 6.04 Å². The second-order valence-electron chi connectivity index (χ2n) is 4.50. The Morgan fingerprint density at radius 3 is 3.00 bits per heavy atom. The predicted octanol–water partition coefficient (Wildman–Crippen LogP) is 1.72. The van der Waals surface area contributed by atoms with Crippen LogP contribution in [0.2, 0.25) is 0 Å². The van der Waals surface area contributed by atoms with E-state index in [0.717, 1.165) is 37.1 Å². The molecule has 1 aromatic heterocycles. The summed E-state index contributed by atoms with van der Waals surface area (Å²) >= 11 is 0. The maximum Gasteiger partial charge on any atom is 0.211 e. The molecule has 2 rings (SSSR count). The number of hydrogen-bond acceptors (Lipinski definition) is 4. The molecule has 0 amide bonds. The summed E-state index contributed by atoms with van der Waals surface area (Å²) in [5.41, 5.74) is 0.747. The number of nitrogens with zero attached hydrogens (tertiary/aromatic N) is 2. The lowest BCUT2D eigenvalue weighted by Crippen LogP contribution is -2.29. The Morgan fingerprint density at radius 2 is 2.35 bits per heavy atom. The normalized spacial score (nSPS) is 22.1. The van der Waals surface area contributed by atoms with Gasteiger partial charge < -0.3 is 4.52 Å². The third-order valence-electron chi connectivity index (χ3n) is 3.04. The summed E-state index contributed by atoms with van der Waals surface area (Å²) in [6, 6.07) is 1.75. The first-order valence-corrected chi connectivity index (χ1v) is 7.79. The molecular formula is C11H18N2O3S. The van der Waals surface area contributed by atoms with Crippen molar-refractivity contribution in [1.29, 1.82) is 0 Å². The third-order valence-corrected chi connectivity index (χ3v) is 4.33. The average molecular weight is 258 g/mol. The Morgan fingerprint density at radius 1 is 1.59 bits per heavy atom. The van der Waals surface area contributed by atoms with E-state index >= 15 is 0 Å². The van der Waals surface area contributed by atoms with E-state index < -0.39 is 10.0 Å². The molecule has 0 aromatic carbocycles. The van der Waals surface area contributed by atoms with Crippen LogP contribution in [0.5, 0.6) is 0 Å². The van der Waals surface area contributed by atoms with Gasteiger partial charge in [-0.05, 0) is 19.3 Å². The van der Waals surface area contributed by atoms with E-state index in [1.54, 1.807) is 0 Å². The van der Waals surface area contributed by atoms with Crippen molar-refractivity contribution in [2.75, 3.05) is 12.8 Å². The quantitative estimate of drug-likeness (QED) is 0.825. The van der Waals surface area contributed by atoms with Crippen molar-refractivity contribution >= 4 is 10.0 Å². The van der Waals surface area contributed by atoms with Crippen LogP contribution in [-0.2, 0) is 16.4 Å². The van der Waals surface area contributed by atoms with Crippen LogP contribution in [0.25, 0.3) is 0 Å². The lowest BCUT2D eigenvalue weighted by atomic mass is 10.1. The molecule has 0 unspecified atom stereocenters. The van der Waals surface area contributed by atoms with Crippen LogP contribution in [0.1, 0.15) is 43.7 Å². The molecule has 0 N–H and O–H groups in total. The maximum absolute atomic E-state index is 11.6. The molecule has 1 atom stereocenters. The standard InChI is InChI=1S/C11H18N2O3S/c1-3-5-9-8-10(12-16-9)11-6-4-7-13(11)17(2,14)15/h8,11H,3-7H2,1-2H3/t11-/m0/s1. The molecule has 0 aliphatic carbocycles. The lowest BCUT2D eigenvalue weighted by molar-refractivity contribution is 0.344. The van der Waals surface area contributed by atoms with Crippen molar-refractivity contribution in [1.82, 2.24) is 9.46 Å². The number of rotatable bonds is 4. The maximum atomic E-state index is 11.6. The summed E-state index contributed by atoms with van der Waals surface area (Å²) in [7, 11) is -3.15. The highest BCUT2D eigenvalue weighted by atomic mass is 32.2. The van der Waals surface area contributed by atoms with E-state index in [4.69, 9.17) is 4.52 Å². The van der Waals surface area contributed by atoms with Crippen LogP contribution in [-0.4, -0.2) is 30.7 Å². The monoisotopic (exact) mass is 258 g/mol. The average Bonchev–Trinajstić information content (AvgIpc) is 2.82. The Bertz CT molecular complexity index is 481.